The van der Waals surface area contributed by atoms with Crippen molar-refractivity contribution in [2.24, 2.45) is 0 Å². The highest BCUT2D eigenvalue weighted by Crippen LogP contribution is 2.18. The summed E-state index contributed by atoms with van der Waals surface area (Å²) in [6.45, 7) is 0.275. The number of hydrogen-bond donors (Lipinski definition) is 2. The maximum atomic E-state index is 12.1. The summed E-state index contributed by atoms with van der Waals surface area (Å²) < 4.78 is 4.63. The van der Waals surface area contributed by atoms with E-state index in [1.807, 2.05) is 30.3 Å². The van der Waals surface area contributed by atoms with Crippen molar-refractivity contribution in [2.75, 3.05) is 7.11 Å². The number of H-pyrrole nitrogens is 1. The molecular formula is C17H15N3O3S. The molecule has 0 saturated heterocycles. The summed E-state index contributed by atoms with van der Waals surface area (Å²) in [5.41, 5.74) is 1.92. The van der Waals surface area contributed by atoms with Crippen molar-refractivity contribution in [1.82, 2.24) is 15.3 Å². The van der Waals surface area contributed by atoms with Gasteiger partial charge in [0.1, 0.15) is 10.7 Å². The van der Waals surface area contributed by atoms with Crippen molar-refractivity contribution in [3.8, 4) is 11.3 Å². The molecule has 1 amide bonds. The van der Waals surface area contributed by atoms with E-state index in [0.717, 1.165) is 22.6 Å². The second kappa shape index (κ2) is 7.10. The van der Waals surface area contributed by atoms with Gasteiger partial charge in [-0.1, -0.05) is 30.3 Å². The van der Waals surface area contributed by atoms with Gasteiger partial charge in [-0.25, -0.2) is 9.78 Å². The number of nitrogens with zero attached hydrogens (tertiary/aromatic N) is 1. The van der Waals surface area contributed by atoms with E-state index in [1.165, 1.54) is 7.11 Å². The van der Waals surface area contributed by atoms with Crippen LogP contribution in [0.15, 0.2) is 48.7 Å². The summed E-state index contributed by atoms with van der Waals surface area (Å²) >= 11 is 1.09. The third-order valence-electron chi connectivity index (χ3n) is 3.35. The molecule has 0 spiro atoms. The first kappa shape index (κ1) is 15.9. The van der Waals surface area contributed by atoms with Crippen molar-refractivity contribution in [3.63, 3.8) is 0 Å². The van der Waals surface area contributed by atoms with Crippen LogP contribution in [0.1, 0.15) is 25.2 Å². The molecule has 0 aliphatic carbocycles. The SMILES string of the molecule is COC(=O)c1ccc(C(=O)NCc2ncc(-c3ccccc3)[nH]2)s1. The number of methoxy groups -OCH3 is 1. The largest absolute Gasteiger partial charge is 0.465 e. The second-order valence-corrected chi connectivity index (χ2v) is 6.03. The molecular weight excluding hydrogens is 326 g/mol. The number of carbonyl (C=O) groups excluding carboxylic acids is 2. The fourth-order valence-electron chi connectivity index (χ4n) is 2.14. The molecule has 0 aliphatic heterocycles. The maximum Gasteiger partial charge on any atom is 0.348 e. The van der Waals surface area contributed by atoms with Crippen LogP contribution in [-0.4, -0.2) is 29.0 Å². The zero-order valence-electron chi connectivity index (χ0n) is 12.9. The van der Waals surface area contributed by atoms with Crippen LogP contribution < -0.4 is 5.32 Å². The van der Waals surface area contributed by atoms with Crippen LogP contribution in [0.2, 0.25) is 0 Å². The van der Waals surface area contributed by atoms with Crippen molar-refractivity contribution in [3.05, 3.63) is 64.2 Å². The van der Waals surface area contributed by atoms with Crippen molar-refractivity contribution < 1.29 is 14.3 Å². The highest BCUT2D eigenvalue weighted by Gasteiger charge is 2.14. The Labute approximate surface area is 142 Å². The Kier molecular flexibility index (Phi) is 4.72. The number of thiophene rings is 1. The van der Waals surface area contributed by atoms with E-state index < -0.39 is 5.97 Å². The Bertz CT molecular complexity index is 855. The zero-order chi connectivity index (χ0) is 16.9. The van der Waals surface area contributed by atoms with Gasteiger partial charge in [0.05, 0.1) is 30.4 Å². The molecule has 2 N–H and O–H groups in total. The molecule has 2 heterocycles. The molecule has 0 saturated carbocycles. The van der Waals surface area contributed by atoms with Crippen LogP contribution in [0.5, 0.6) is 0 Å². The van der Waals surface area contributed by atoms with Gasteiger partial charge in [-0.2, -0.15) is 0 Å². The van der Waals surface area contributed by atoms with Crippen LogP contribution in [-0.2, 0) is 11.3 Å². The van der Waals surface area contributed by atoms with Gasteiger partial charge < -0.3 is 15.0 Å². The Morgan fingerprint density at radius 3 is 2.67 bits per heavy atom. The highest BCUT2D eigenvalue weighted by atomic mass is 32.1. The molecule has 3 aromatic rings. The number of aromatic nitrogens is 2. The minimum Gasteiger partial charge on any atom is -0.465 e. The van der Waals surface area contributed by atoms with Crippen LogP contribution in [0.3, 0.4) is 0 Å². The number of imidazole rings is 1. The normalized spacial score (nSPS) is 10.4. The van der Waals surface area contributed by atoms with E-state index in [0.29, 0.717) is 15.6 Å². The summed E-state index contributed by atoms with van der Waals surface area (Å²) in [7, 11) is 1.31. The fraction of sp³-hybridized carbons (Fsp3) is 0.118. The first-order valence-electron chi connectivity index (χ1n) is 7.23. The predicted molar refractivity (Wildman–Crippen MR) is 90.9 cm³/mol. The number of benzene rings is 1. The van der Waals surface area contributed by atoms with Gasteiger partial charge in [-0.05, 0) is 17.7 Å². The van der Waals surface area contributed by atoms with E-state index in [4.69, 9.17) is 0 Å². The van der Waals surface area contributed by atoms with Gasteiger partial charge in [0, 0.05) is 0 Å². The molecule has 3 rings (SSSR count). The minimum atomic E-state index is -0.447. The zero-order valence-corrected chi connectivity index (χ0v) is 13.7. The van der Waals surface area contributed by atoms with Crippen LogP contribution in [0, 0.1) is 0 Å². The number of rotatable bonds is 5. The average Bonchev–Trinajstić information content (AvgIpc) is 3.29. The first-order chi connectivity index (χ1) is 11.7. The number of hydrogen-bond acceptors (Lipinski definition) is 5. The molecule has 0 aliphatic rings. The topological polar surface area (TPSA) is 84.1 Å². The molecule has 6 nitrogen and oxygen atoms in total. The Morgan fingerprint density at radius 2 is 1.92 bits per heavy atom. The summed E-state index contributed by atoms with van der Waals surface area (Å²) in [6.07, 6.45) is 1.73. The third-order valence-corrected chi connectivity index (χ3v) is 4.41. The Morgan fingerprint density at radius 1 is 1.17 bits per heavy atom. The standard InChI is InChI=1S/C17H15N3O3S/c1-23-17(22)14-8-7-13(24-14)16(21)19-10-15-18-9-12(20-15)11-5-3-2-4-6-11/h2-9H,10H2,1H3,(H,18,20)(H,19,21). The number of aromatic amines is 1. The lowest BCUT2D eigenvalue weighted by atomic mass is 10.2. The van der Waals surface area contributed by atoms with E-state index in [-0.39, 0.29) is 12.5 Å². The van der Waals surface area contributed by atoms with Crippen LogP contribution in [0.25, 0.3) is 11.3 Å². The average molecular weight is 341 g/mol. The minimum absolute atomic E-state index is 0.257. The number of ether oxygens (including phenoxy) is 1. The van der Waals surface area contributed by atoms with E-state index in [2.05, 4.69) is 20.0 Å². The number of amides is 1. The molecule has 0 radical (unpaired) electrons. The van der Waals surface area contributed by atoms with E-state index in [1.54, 1.807) is 18.3 Å². The molecule has 24 heavy (non-hydrogen) atoms. The van der Waals surface area contributed by atoms with E-state index in [9.17, 15) is 9.59 Å². The molecule has 0 unspecified atom stereocenters. The first-order valence-corrected chi connectivity index (χ1v) is 8.04. The van der Waals surface area contributed by atoms with Crippen molar-refractivity contribution >= 4 is 23.2 Å². The Balaban J connectivity index is 1.62. The third kappa shape index (κ3) is 3.52. The molecule has 0 bridgehead atoms. The summed E-state index contributed by atoms with van der Waals surface area (Å²) in [4.78, 5) is 31.8. The smallest absolute Gasteiger partial charge is 0.348 e. The summed E-state index contributed by atoms with van der Waals surface area (Å²) in [6, 6.07) is 13.0. The number of carbonyl (C=O) groups is 2. The summed E-state index contributed by atoms with van der Waals surface area (Å²) in [5, 5.41) is 2.78. The quantitative estimate of drug-likeness (QED) is 0.699. The molecule has 2 aromatic heterocycles. The molecule has 1 aromatic carbocycles. The number of esters is 1. The number of nitrogens with one attached hydrogen (secondary N) is 2. The van der Waals surface area contributed by atoms with Crippen LogP contribution >= 0.6 is 11.3 Å². The van der Waals surface area contributed by atoms with Crippen molar-refractivity contribution in [1.29, 1.82) is 0 Å². The van der Waals surface area contributed by atoms with Crippen LogP contribution in [0.4, 0.5) is 0 Å². The Hall–Kier alpha value is -2.93. The maximum absolute atomic E-state index is 12.1. The second-order valence-electron chi connectivity index (χ2n) is 4.95. The van der Waals surface area contributed by atoms with Gasteiger partial charge in [-0.3, -0.25) is 4.79 Å². The van der Waals surface area contributed by atoms with E-state index >= 15 is 0 Å². The fourth-order valence-corrected chi connectivity index (χ4v) is 2.98. The predicted octanol–water partition coefficient (Wildman–Crippen LogP) is 2.85. The van der Waals surface area contributed by atoms with Gasteiger partial charge in [-0.15, -0.1) is 11.3 Å². The lowest BCUT2D eigenvalue weighted by Gasteiger charge is -2.01. The van der Waals surface area contributed by atoms with Crippen molar-refractivity contribution in [2.45, 2.75) is 6.54 Å². The molecule has 122 valence electrons. The highest BCUT2D eigenvalue weighted by molar-refractivity contribution is 7.15. The molecule has 0 fully saturated rings. The van der Waals surface area contributed by atoms with Gasteiger partial charge in [0.25, 0.3) is 5.91 Å². The van der Waals surface area contributed by atoms with Gasteiger partial charge in [0.2, 0.25) is 0 Å². The monoisotopic (exact) mass is 341 g/mol. The van der Waals surface area contributed by atoms with Gasteiger partial charge >= 0.3 is 5.97 Å². The summed E-state index contributed by atoms with van der Waals surface area (Å²) in [5.74, 6) is -0.0441. The lowest BCUT2D eigenvalue weighted by Crippen LogP contribution is -2.22. The lowest BCUT2D eigenvalue weighted by molar-refractivity contribution is 0.0606. The molecule has 0 atom stereocenters. The molecule has 7 heteroatoms. The van der Waals surface area contributed by atoms with Gasteiger partial charge in [0.15, 0.2) is 0 Å².